The quantitative estimate of drug-likeness (QED) is 0.795. The van der Waals surface area contributed by atoms with Crippen molar-refractivity contribution in [1.82, 2.24) is 9.97 Å². The number of nitrogens with one attached hydrogen (secondary N) is 1. The number of amides is 1. The third-order valence-corrected chi connectivity index (χ3v) is 4.89. The summed E-state index contributed by atoms with van der Waals surface area (Å²) in [7, 11) is 0. The summed E-state index contributed by atoms with van der Waals surface area (Å²) in [5.41, 5.74) is 3.87. The van der Waals surface area contributed by atoms with Crippen LogP contribution < -0.4 is 5.32 Å². The highest BCUT2D eigenvalue weighted by Gasteiger charge is 2.29. The molecule has 2 heterocycles. The van der Waals surface area contributed by atoms with Gasteiger partial charge < -0.3 is 5.32 Å². The molecule has 2 aromatic heterocycles. The van der Waals surface area contributed by atoms with E-state index in [1.807, 2.05) is 37.3 Å². The largest absolute Gasteiger partial charge is 0.326 e. The highest BCUT2D eigenvalue weighted by Crippen LogP contribution is 2.33. The number of aromatic nitrogens is 2. The molecule has 0 saturated heterocycles. The van der Waals surface area contributed by atoms with Crippen molar-refractivity contribution in [3.8, 4) is 10.6 Å². The Hall–Kier alpha value is -2.27. The first-order chi connectivity index (χ1) is 10.7. The SMILES string of the molecule is Cc1ccc(-c2nc3cccnc3s2)cc1NC(=O)C1CC1. The minimum absolute atomic E-state index is 0.131. The predicted octanol–water partition coefficient (Wildman–Crippen LogP) is 4.02. The molecule has 1 aliphatic carbocycles. The topological polar surface area (TPSA) is 54.9 Å². The van der Waals surface area contributed by atoms with Crippen molar-refractivity contribution in [2.75, 3.05) is 5.32 Å². The normalized spacial score (nSPS) is 14.2. The van der Waals surface area contributed by atoms with Gasteiger partial charge in [-0.3, -0.25) is 4.79 Å². The molecule has 110 valence electrons. The van der Waals surface area contributed by atoms with Crippen LogP contribution >= 0.6 is 11.3 Å². The second-order valence-electron chi connectivity index (χ2n) is 5.64. The Kier molecular flexibility index (Phi) is 3.15. The standard InChI is InChI=1S/C17H15N3OS/c1-10-4-5-12(9-14(10)19-15(21)11-6-7-11)16-20-13-3-2-8-18-17(13)22-16/h2-5,8-9,11H,6-7H2,1H3,(H,19,21). The zero-order chi connectivity index (χ0) is 15.1. The molecular weight excluding hydrogens is 294 g/mol. The van der Waals surface area contributed by atoms with E-state index in [2.05, 4.69) is 15.3 Å². The van der Waals surface area contributed by atoms with Crippen molar-refractivity contribution in [2.45, 2.75) is 19.8 Å². The number of benzene rings is 1. The summed E-state index contributed by atoms with van der Waals surface area (Å²) in [5.74, 6) is 0.334. The number of aryl methyl sites for hydroxylation is 1. The molecule has 5 heteroatoms. The van der Waals surface area contributed by atoms with E-state index in [0.29, 0.717) is 0 Å². The van der Waals surface area contributed by atoms with E-state index in [9.17, 15) is 4.79 Å². The van der Waals surface area contributed by atoms with Gasteiger partial charge in [0, 0.05) is 23.4 Å². The smallest absolute Gasteiger partial charge is 0.227 e. The van der Waals surface area contributed by atoms with Gasteiger partial charge in [-0.1, -0.05) is 23.5 Å². The Labute approximate surface area is 132 Å². The first-order valence-corrected chi connectivity index (χ1v) is 8.16. The highest BCUT2D eigenvalue weighted by atomic mass is 32.1. The van der Waals surface area contributed by atoms with Gasteiger partial charge in [-0.2, -0.15) is 0 Å². The number of nitrogens with zero attached hydrogens (tertiary/aromatic N) is 2. The lowest BCUT2D eigenvalue weighted by Gasteiger charge is -2.09. The third-order valence-electron chi connectivity index (χ3n) is 3.86. The second-order valence-corrected chi connectivity index (χ2v) is 6.62. The van der Waals surface area contributed by atoms with E-state index in [0.717, 1.165) is 45.0 Å². The van der Waals surface area contributed by atoms with Gasteiger partial charge in [-0.15, -0.1) is 0 Å². The molecule has 1 aliphatic rings. The molecule has 1 saturated carbocycles. The van der Waals surface area contributed by atoms with Gasteiger partial charge in [0.05, 0.1) is 0 Å². The van der Waals surface area contributed by atoms with E-state index < -0.39 is 0 Å². The Balaban J connectivity index is 1.70. The maximum absolute atomic E-state index is 12.0. The minimum Gasteiger partial charge on any atom is -0.326 e. The first kappa shape index (κ1) is 13.4. The second kappa shape index (κ2) is 5.18. The van der Waals surface area contributed by atoms with Crippen LogP contribution in [0.2, 0.25) is 0 Å². The van der Waals surface area contributed by atoms with Crippen LogP contribution in [-0.2, 0) is 4.79 Å². The Morgan fingerprint density at radius 1 is 1.32 bits per heavy atom. The molecule has 1 N–H and O–H groups in total. The fourth-order valence-electron chi connectivity index (χ4n) is 2.36. The molecular formula is C17H15N3OS. The summed E-state index contributed by atoms with van der Waals surface area (Å²) in [6.07, 6.45) is 3.79. The number of pyridine rings is 1. The summed E-state index contributed by atoms with van der Waals surface area (Å²) in [5, 5.41) is 3.96. The summed E-state index contributed by atoms with van der Waals surface area (Å²) < 4.78 is 0. The molecule has 0 aliphatic heterocycles. The zero-order valence-corrected chi connectivity index (χ0v) is 13.0. The number of anilines is 1. The molecule has 4 rings (SSSR count). The van der Waals surface area contributed by atoms with Crippen LogP contribution in [0, 0.1) is 12.8 Å². The van der Waals surface area contributed by atoms with Crippen molar-refractivity contribution in [2.24, 2.45) is 5.92 Å². The van der Waals surface area contributed by atoms with Crippen molar-refractivity contribution in [1.29, 1.82) is 0 Å². The lowest BCUT2D eigenvalue weighted by molar-refractivity contribution is -0.117. The summed E-state index contributed by atoms with van der Waals surface area (Å²) in [6, 6.07) is 9.93. The van der Waals surface area contributed by atoms with Gasteiger partial charge in [0.2, 0.25) is 5.91 Å². The molecule has 1 amide bonds. The Morgan fingerprint density at radius 2 is 2.18 bits per heavy atom. The van der Waals surface area contributed by atoms with Crippen molar-refractivity contribution < 1.29 is 4.79 Å². The fraction of sp³-hybridized carbons (Fsp3) is 0.235. The van der Waals surface area contributed by atoms with E-state index in [-0.39, 0.29) is 11.8 Å². The highest BCUT2D eigenvalue weighted by molar-refractivity contribution is 7.21. The number of hydrogen-bond donors (Lipinski definition) is 1. The van der Waals surface area contributed by atoms with Gasteiger partial charge in [-0.05, 0) is 43.5 Å². The Bertz CT molecular complexity index is 834. The summed E-state index contributed by atoms with van der Waals surface area (Å²) in [6.45, 7) is 2.01. The molecule has 0 radical (unpaired) electrons. The number of fused-ring (bicyclic) bond motifs is 1. The molecule has 0 atom stereocenters. The molecule has 4 nitrogen and oxygen atoms in total. The molecule has 1 fully saturated rings. The minimum atomic E-state index is 0.131. The predicted molar refractivity (Wildman–Crippen MR) is 88.9 cm³/mol. The van der Waals surface area contributed by atoms with Crippen molar-refractivity contribution >= 4 is 33.3 Å². The maximum atomic E-state index is 12.0. The molecule has 0 spiro atoms. The van der Waals surface area contributed by atoms with Crippen LogP contribution in [-0.4, -0.2) is 15.9 Å². The molecule has 3 aromatic rings. The number of rotatable bonds is 3. The monoisotopic (exact) mass is 309 g/mol. The molecule has 1 aromatic carbocycles. The van der Waals surface area contributed by atoms with Crippen LogP contribution in [0.4, 0.5) is 5.69 Å². The van der Waals surface area contributed by atoms with E-state index in [4.69, 9.17) is 0 Å². The average Bonchev–Trinajstić information content (AvgIpc) is 3.28. The first-order valence-electron chi connectivity index (χ1n) is 7.34. The van der Waals surface area contributed by atoms with Gasteiger partial charge in [0.1, 0.15) is 15.4 Å². The summed E-state index contributed by atoms with van der Waals surface area (Å²) in [4.78, 5) is 21.9. The van der Waals surface area contributed by atoms with Crippen LogP contribution in [0.3, 0.4) is 0 Å². The third kappa shape index (κ3) is 2.48. The molecule has 0 unspecified atom stereocenters. The van der Waals surface area contributed by atoms with Crippen LogP contribution in [0.15, 0.2) is 36.5 Å². The average molecular weight is 309 g/mol. The number of thiazole rings is 1. The van der Waals surface area contributed by atoms with Crippen LogP contribution in [0.1, 0.15) is 18.4 Å². The van der Waals surface area contributed by atoms with Crippen molar-refractivity contribution in [3.05, 3.63) is 42.1 Å². The fourth-order valence-corrected chi connectivity index (χ4v) is 3.27. The van der Waals surface area contributed by atoms with Gasteiger partial charge >= 0.3 is 0 Å². The van der Waals surface area contributed by atoms with Crippen LogP contribution in [0.5, 0.6) is 0 Å². The van der Waals surface area contributed by atoms with E-state index in [1.165, 1.54) is 0 Å². The van der Waals surface area contributed by atoms with Gasteiger partial charge in [0.25, 0.3) is 0 Å². The number of carbonyl (C=O) groups excluding carboxylic acids is 1. The lowest BCUT2D eigenvalue weighted by atomic mass is 10.1. The summed E-state index contributed by atoms with van der Waals surface area (Å²) >= 11 is 1.57. The molecule has 22 heavy (non-hydrogen) atoms. The van der Waals surface area contributed by atoms with E-state index in [1.54, 1.807) is 17.5 Å². The number of carbonyl (C=O) groups is 1. The van der Waals surface area contributed by atoms with Crippen LogP contribution in [0.25, 0.3) is 20.9 Å². The van der Waals surface area contributed by atoms with E-state index >= 15 is 0 Å². The Morgan fingerprint density at radius 3 is 2.95 bits per heavy atom. The zero-order valence-electron chi connectivity index (χ0n) is 12.2. The lowest BCUT2D eigenvalue weighted by Crippen LogP contribution is -2.14. The van der Waals surface area contributed by atoms with Gasteiger partial charge in [0.15, 0.2) is 0 Å². The maximum Gasteiger partial charge on any atom is 0.227 e. The number of hydrogen-bond acceptors (Lipinski definition) is 4. The van der Waals surface area contributed by atoms with Gasteiger partial charge in [-0.25, -0.2) is 9.97 Å². The van der Waals surface area contributed by atoms with Crippen molar-refractivity contribution in [3.63, 3.8) is 0 Å². The molecule has 0 bridgehead atoms.